The van der Waals surface area contributed by atoms with Gasteiger partial charge in [0, 0.05) is 5.56 Å². The molecule has 1 N–H and O–H groups in total. The summed E-state index contributed by atoms with van der Waals surface area (Å²) in [5.41, 5.74) is 8.68. The van der Waals surface area contributed by atoms with E-state index >= 15 is 0 Å². The third-order valence-corrected chi connectivity index (χ3v) is 5.03. The molecule has 0 unspecified atom stereocenters. The maximum atomic E-state index is 12.8. The highest BCUT2D eigenvalue weighted by Crippen LogP contribution is 2.25. The van der Waals surface area contributed by atoms with Crippen molar-refractivity contribution in [3.63, 3.8) is 0 Å². The molecule has 0 bridgehead atoms. The Morgan fingerprint density at radius 1 is 0.969 bits per heavy atom. The molecular weight excluding hydrogens is 400 g/mol. The first-order chi connectivity index (χ1) is 15.5. The van der Waals surface area contributed by atoms with Crippen LogP contribution in [0.2, 0.25) is 0 Å². The molecule has 0 aliphatic carbocycles. The first kappa shape index (κ1) is 21.1. The van der Waals surface area contributed by atoms with Crippen molar-refractivity contribution in [3.8, 4) is 22.7 Å². The van der Waals surface area contributed by atoms with Crippen LogP contribution in [0.1, 0.15) is 27.2 Å². The lowest BCUT2D eigenvalue weighted by atomic mass is 10.1. The summed E-state index contributed by atoms with van der Waals surface area (Å²) in [6.45, 7) is 4.07. The van der Waals surface area contributed by atoms with Gasteiger partial charge in [-0.05, 0) is 67.4 Å². The zero-order valence-electron chi connectivity index (χ0n) is 18.2. The number of aromatic nitrogens is 2. The average Bonchev–Trinajstić information content (AvgIpc) is 3.26. The highest BCUT2D eigenvalue weighted by atomic mass is 16.5. The molecule has 160 valence electrons. The molecule has 0 saturated heterocycles. The van der Waals surface area contributed by atoms with Crippen LogP contribution >= 0.6 is 0 Å². The highest BCUT2D eigenvalue weighted by Gasteiger charge is 2.16. The van der Waals surface area contributed by atoms with Gasteiger partial charge in [0.15, 0.2) is 5.69 Å². The number of hydrazone groups is 1. The number of hydrogen-bond donors (Lipinski definition) is 1. The second-order valence-electron chi connectivity index (χ2n) is 7.50. The molecule has 0 aliphatic heterocycles. The van der Waals surface area contributed by atoms with Crippen LogP contribution in [0.25, 0.3) is 16.9 Å². The number of benzene rings is 3. The van der Waals surface area contributed by atoms with Crippen LogP contribution < -0.4 is 10.2 Å². The molecule has 0 aliphatic rings. The minimum atomic E-state index is -0.380. The van der Waals surface area contributed by atoms with Crippen LogP contribution in [-0.4, -0.2) is 29.0 Å². The maximum absolute atomic E-state index is 12.8. The quantitative estimate of drug-likeness (QED) is 0.353. The molecule has 0 radical (unpaired) electrons. The van der Waals surface area contributed by atoms with Crippen LogP contribution in [0.15, 0.2) is 84.0 Å². The Morgan fingerprint density at radius 3 is 2.41 bits per heavy atom. The molecule has 0 atom stereocenters. The number of rotatable bonds is 6. The van der Waals surface area contributed by atoms with Crippen LogP contribution in [0, 0.1) is 13.8 Å². The summed E-state index contributed by atoms with van der Waals surface area (Å²) in [5.74, 6) is 0.381. The third-order valence-electron chi connectivity index (χ3n) is 5.03. The molecule has 6 heteroatoms. The van der Waals surface area contributed by atoms with Gasteiger partial charge in [0.1, 0.15) is 5.75 Å². The SMILES string of the molecule is COc1ccc(/C=N\NC(=O)c2cc(-c3ccc(C)cc3)n(-c3cccc(C)c3)n2)cc1. The maximum Gasteiger partial charge on any atom is 0.291 e. The Morgan fingerprint density at radius 2 is 1.72 bits per heavy atom. The lowest BCUT2D eigenvalue weighted by Gasteiger charge is -2.08. The zero-order valence-corrected chi connectivity index (χ0v) is 18.2. The monoisotopic (exact) mass is 424 g/mol. The largest absolute Gasteiger partial charge is 0.497 e. The van der Waals surface area contributed by atoms with Gasteiger partial charge in [-0.1, -0.05) is 42.0 Å². The van der Waals surface area contributed by atoms with Crippen molar-refractivity contribution in [2.24, 2.45) is 5.10 Å². The van der Waals surface area contributed by atoms with Crippen LogP contribution in [0.5, 0.6) is 5.75 Å². The summed E-state index contributed by atoms with van der Waals surface area (Å²) in [6.07, 6.45) is 1.58. The van der Waals surface area contributed by atoms with Crippen molar-refractivity contribution in [2.45, 2.75) is 13.8 Å². The molecule has 1 amide bonds. The molecule has 1 aromatic heterocycles. The normalized spacial score (nSPS) is 11.0. The second kappa shape index (κ2) is 9.31. The first-order valence-electron chi connectivity index (χ1n) is 10.2. The van der Waals surface area contributed by atoms with Gasteiger partial charge in [-0.2, -0.15) is 10.2 Å². The van der Waals surface area contributed by atoms with Crippen LogP contribution in [0.3, 0.4) is 0 Å². The molecule has 0 fully saturated rings. The van der Waals surface area contributed by atoms with E-state index in [0.717, 1.165) is 33.8 Å². The molecule has 0 spiro atoms. The number of aryl methyl sites for hydroxylation is 2. The van der Waals surface area contributed by atoms with Gasteiger partial charge in [0.2, 0.25) is 0 Å². The van der Waals surface area contributed by atoms with E-state index in [1.54, 1.807) is 24.1 Å². The smallest absolute Gasteiger partial charge is 0.291 e. The number of nitrogens with one attached hydrogen (secondary N) is 1. The third kappa shape index (κ3) is 4.75. The fourth-order valence-corrected chi connectivity index (χ4v) is 3.29. The van der Waals surface area contributed by atoms with E-state index in [2.05, 4.69) is 15.6 Å². The van der Waals surface area contributed by atoms with Gasteiger partial charge in [-0.3, -0.25) is 4.79 Å². The molecule has 6 nitrogen and oxygen atoms in total. The number of amides is 1. The van der Waals surface area contributed by atoms with E-state index in [0.29, 0.717) is 0 Å². The summed E-state index contributed by atoms with van der Waals surface area (Å²) >= 11 is 0. The van der Waals surface area contributed by atoms with E-state index in [1.165, 1.54) is 5.56 Å². The highest BCUT2D eigenvalue weighted by molar-refractivity contribution is 5.94. The number of carbonyl (C=O) groups is 1. The average molecular weight is 425 g/mol. The number of carbonyl (C=O) groups excluding carboxylic acids is 1. The predicted octanol–water partition coefficient (Wildman–Crippen LogP) is 4.93. The second-order valence-corrected chi connectivity index (χ2v) is 7.50. The van der Waals surface area contributed by atoms with Gasteiger partial charge in [0.25, 0.3) is 5.91 Å². The standard InChI is InChI=1S/C26H24N4O2/c1-18-7-11-21(12-8-18)25-16-24(29-30(25)22-6-4-5-19(2)15-22)26(31)28-27-17-20-9-13-23(32-3)14-10-20/h4-17H,1-3H3,(H,28,31)/b27-17-. The molecule has 4 rings (SSSR count). The summed E-state index contributed by atoms with van der Waals surface area (Å²) in [4.78, 5) is 12.8. The summed E-state index contributed by atoms with van der Waals surface area (Å²) < 4.78 is 6.94. The summed E-state index contributed by atoms with van der Waals surface area (Å²) in [5, 5.41) is 8.65. The minimum absolute atomic E-state index is 0.286. The van der Waals surface area contributed by atoms with Crippen molar-refractivity contribution in [2.75, 3.05) is 7.11 Å². The van der Waals surface area contributed by atoms with Crippen molar-refractivity contribution >= 4 is 12.1 Å². The van der Waals surface area contributed by atoms with Crippen molar-refractivity contribution in [3.05, 3.63) is 101 Å². The van der Waals surface area contributed by atoms with Crippen LogP contribution in [0.4, 0.5) is 0 Å². The van der Waals surface area contributed by atoms with Gasteiger partial charge in [-0.15, -0.1) is 0 Å². The molecule has 3 aromatic carbocycles. The fourth-order valence-electron chi connectivity index (χ4n) is 3.29. The van der Waals surface area contributed by atoms with Crippen molar-refractivity contribution in [1.29, 1.82) is 0 Å². The molecule has 4 aromatic rings. The van der Waals surface area contributed by atoms with Gasteiger partial charge in [-0.25, -0.2) is 10.1 Å². The first-order valence-corrected chi connectivity index (χ1v) is 10.2. The van der Waals surface area contributed by atoms with E-state index in [4.69, 9.17) is 4.74 Å². The van der Waals surface area contributed by atoms with Crippen molar-refractivity contribution < 1.29 is 9.53 Å². The Bertz CT molecular complexity index is 1260. The Hall–Kier alpha value is -4.19. The lowest BCUT2D eigenvalue weighted by molar-refractivity contribution is 0.0949. The number of methoxy groups -OCH3 is 1. The zero-order chi connectivity index (χ0) is 22.5. The molecule has 0 saturated carbocycles. The summed E-state index contributed by atoms with van der Waals surface area (Å²) in [7, 11) is 1.62. The van der Waals surface area contributed by atoms with E-state index < -0.39 is 0 Å². The summed E-state index contributed by atoms with van der Waals surface area (Å²) in [6, 6.07) is 25.3. The molecular formula is C26H24N4O2. The van der Waals surface area contributed by atoms with Crippen molar-refractivity contribution in [1.82, 2.24) is 15.2 Å². The lowest BCUT2D eigenvalue weighted by Crippen LogP contribution is -2.18. The minimum Gasteiger partial charge on any atom is -0.497 e. The van der Waals surface area contributed by atoms with Gasteiger partial charge < -0.3 is 4.74 Å². The predicted molar refractivity (Wildman–Crippen MR) is 127 cm³/mol. The molecule has 1 heterocycles. The van der Waals surface area contributed by atoms with E-state index in [-0.39, 0.29) is 11.6 Å². The fraction of sp³-hybridized carbons (Fsp3) is 0.115. The Labute approximate surface area is 187 Å². The number of ether oxygens (including phenoxy) is 1. The molecule has 32 heavy (non-hydrogen) atoms. The van der Waals surface area contributed by atoms with Gasteiger partial charge in [0.05, 0.1) is 24.7 Å². The van der Waals surface area contributed by atoms with E-state index in [9.17, 15) is 4.79 Å². The topological polar surface area (TPSA) is 68.5 Å². The number of hydrogen-bond acceptors (Lipinski definition) is 4. The Kier molecular flexibility index (Phi) is 6.12. The van der Waals surface area contributed by atoms with Crippen LogP contribution in [-0.2, 0) is 0 Å². The van der Waals surface area contributed by atoms with E-state index in [1.807, 2.05) is 86.6 Å². The Balaban J connectivity index is 1.61. The van der Waals surface area contributed by atoms with Gasteiger partial charge >= 0.3 is 0 Å². The number of nitrogens with zero attached hydrogens (tertiary/aromatic N) is 3.